The van der Waals surface area contributed by atoms with Gasteiger partial charge in [-0.25, -0.2) is 9.00 Å². The highest BCUT2D eigenvalue weighted by molar-refractivity contribution is 7.83. The molecule has 0 aliphatic rings. The number of benzene rings is 3. The van der Waals surface area contributed by atoms with Gasteiger partial charge in [-0.1, -0.05) is 24.3 Å². The predicted molar refractivity (Wildman–Crippen MR) is 139 cm³/mol. The summed E-state index contributed by atoms with van der Waals surface area (Å²) in [5, 5.41) is 12.0. The Morgan fingerprint density at radius 3 is 2.28 bits per heavy atom. The van der Waals surface area contributed by atoms with Gasteiger partial charge in [0.15, 0.2) is 11.0 Å². The van der Waals surface area contributed by atoms with E-state index in [-0.39, 0.29) is 22.1 Å². The second kappa shape index (κ2) is 11.1. The summed E-state index contributed by atoms with van der Waals surface area (Å²) in [5.74, 6) is 0.639. The van der Waals surface area contributed by atoms with E-state index in [2.05, 4.69) is 10.0 Å². The third-order valence-corrected chi connectivity index (χ3v) is 5.97. The van der Waals surface area contributed by atoms with Crippen LogP contribution in [0.25, 0.3) is 11.1 Å². The lowest BCUT2D eigenvalue weighted by atomic mass is 10.0. The van der Waals surface area contributed by atoms with Crippen LogP contribution in [-0.4, -0.2) is 40.7 Å². The lowest BCUT2D eigenvalue weighted by molar-refractivity contribution is 0.0827. The number of urea groups is 1. The zero-order chi connectivity index (χ0) is 26.5. The first kappa shape index (κ1) is 26.4. The summed E-state index contributed by atoms with van der Waals surface area (Å²) < 4.78 is 21.4. The van der Waals surface area contributed by atoms with Crippen molar-refractivity contribution in [3.8, 4) is 28.7 Å². The first-order valence-corrected chi connectivity index (χ1v) is 12.3. The van der Waals surface area contributed by atoms with E-state index in [1.54, 1.807) is 65.2 Å². The van der Waals surface area contributed by atoms with E-state index in [9.17, 15) is 19.1 Å². The molecule has 1 unspecified atom stereocenters. The number of carbonyl (C=O) groups excluding carboxylic acids is 2. The normalized spacial score (nSPS) is 11.7. The molecule has 0 heterocycles. The van der Waals surface area contributed by atoms with E-state index in [4.69, 9.17) is 4.74 Å². The summed E-state index contributed by atoms with van der Waals surface area (Å²) in [6, 6.07) is 20.5. The molecule has 9 heteroatoms. The average Bonchev–Trinajstić information content (AvgIpc) is 2.82. The Morgan fingerprint density at radius 1 is 0.972 bits per heavy atom. The van der Waals surface area contributed by atoms with Crippen molar-refractivity contribution >= 4 is 22.9 Å². The maximum Gasteiger partial charge on any atom is 0.327 e. The second-order valence-corrected chi connectivity index (χ2v) is 10.4. The Morgan fingerprint density at radius 2 is 1.67 bits per heavy atom. The average molecular weight is 505 g/mol. The Labute approximate surface area is 213 Å². The van der Waals surface area contributed by atoms with E-state index in [0.717, 1.165) is 11.1 Å². The molecule has 0 bridgehead atoms. The summed E-state index contributed by atoms with van der Waals surface area (Å²) in [6.07, 6.45) is 0. The van der Waals surface area contributed by atoms with Gasteiger partial charge in [-0.2, -0.15) is 5.26 Å². The van der Waals surface area contributed by atoms with Gasteiger partial charge in [0.2, 0.25) is 0 Å². The molecule has 186 valence electrons. The van der Waals surface area contributed by atoms with Crippen LogP contribution in [0.15, 0.2) is 71.6 Å². The number of rotatable bonds is 6. The van der Waals surface area contributed by atoms with Crippen LogP contribution >= 0.6 is 0 Å². The van der Waals surface area contributed by atoms with E-state index in [0.29, 0.717) is 11.3 Å². The van der Waals surface area contributed by atoms with Crippen LogP contribution in [0.4, 0.5) is 4.79 Å². The Kier molecular flexibility index (Phi) is 8.12. The minimum atomic E-state index is -1.97. The molecule has 36 heavy (non-hydrogen) atoms. The smallest absolute Gasteiger partial charge is 0.327 e. The lowest BCUT2D eigenvalue weighted by Crippen LogP contribution is -2.46. The summed E-state index contributed by atoms with van der Waals surface area (Å²) >= 11 is 0. The van der Waals surface area contributed by atoms with Crippen LogP contribution in [-0.2, 0) is 11.0 Å². The van der Waals surface area contributed by atoms with Crippen LogP contribution in [0.3, 0.4) is 0 Å². The lowest BCUT2D eigenvalue weighted by Gasteiger charge is -2.20. The first-order chi connectivity index (χ1) is 17.0. The quantitative estimate of drug-likeness (QED) is 0.499. The number of hydrogen-bond donors (Lipinski definition) is 2. The van der Waals surface area contributed by atoms with Crippen molar-refractivity contribution in [2.45, 2.75) is 31.2 Å². The van der Waals surface area contributed by atoms with Gasteiger partial charge in [0, 0.05) is 25.2 Å². The van der Waals surface area contributed by atoms with E-state index >= 15 is 0 Å². The molecule has 0 aromatic heterocycles. The van der Waals surface area contributed by atoms with Crippen molar-refractivity contribution in [3.05, 3.63) is 77.9 Å². The molecule has 0 saturated heterocycles. The molecule has 0 aliphatic heterocycles. The number of nitrogens with zero attached hydrogens (tertiary/aromatic N) is 2. The molecule has 8 nitrogen and oxygen atoms in total. The number of nitriles is 1. The fourth-order valence-corrected chi connectivity index (χ4v) is 4.10. The molecule has 1 atom stereocenters. The maximum absolute atomic E-state index is 13.0. The van der Waals surface area contributed by atoms with Gasteiger partial charge in [-0.3, -0.25) is 9.52 Å². The molecule has 3 aromatic carbocycles. The molecule has 3 amide bonds. The molecule has 0 saturated carbocycles. The third-order valence-electron chi connectivity index (χ3n) is 4.88. The van der Waals surface area contributed by atoms with Crippen LogP contribution in [0, 0.1) is 11.3 Å². The molecular formula is C27H28N4O4S. The second-order valence-electron chi connectivity index (χ2n) is 9.26. The fourth-order valence-electron chi connectivity index (χ4n) is 3.24. The number of carbonyl (C=O) groups is 2. The Bertz CT molecular complexity index is 1340. The molecule has 2 N–H and O–H groups in total. The molecule has 3 rings (SSSR count). The largest absolute Gasteiger partial charge is 0.456 e. The van der Waals surface area contributed by atoms with Crippen molar-refractivity contribution in [1.82, 2.24) is 14.9 Å². The maximum atomic E-state index is 13.0. The number of nitrogens with one attached hydrogen (secondary N) is 2. The van der Waals surface area contributed by atoms with Gasteiger partial charge < -0.3 is 15.0 Å². The van der Waals surface area contributed by atoms with Crippen LogP contribution in [0.2, 0.25) is 0 Å². The van der Waals surface area contributed by atoms with Crippen molar-refractivity contribution in [2.24, 2.45) is 0 Å². The zero-order valence-electron chi connectivity index (χ0n) is 20.8. The van der Waals surface area contributed by atoms with Gasteiger partial charge in [0.05, 0.1) is 11.6 Å². The highest BCUT2D eigenvalue weighted by Gasteiger charge is 2.19. The molecule has 3 aromatic rings. The highest BCUT2D eigenvalue weighted by atomic mass is 32.2. The molecular weight excluding hydrogens is 476 g/mol. The number of amides is 3. The summed E-state index contributed by atoms with van der Waals surface area (Å²) in [6.45, 7) is 5.42. The minimum Gasteiger partial charge on any atom is -0.456 e. The monoisotopic (exact) mass is 504 g/mol. The third kappa shape index (κ3) is 6.93. The van der Waals surface area contributed by atoms with Crippen molar-refractivity contribution in [1.29, 1.82) is 5.26 Å². The van der Waals surface area contributed by atoms with E-state index in [1.165, 1.54) is 11.0 Å². The van der Waals surface area contributed by atoms with Crippen LogP contribution in [0.5, 0.6) is 11.5 Å². The van der Waals surface area contributed by atoms with Crippen molar-refractivity contribution < 1.29 is 18.5 Å². The standard InChI is InChI=1S/C27H28N4O4S/c1-27(2,3)29-26(33)30-36(34)24-15-18(17-28)9-14-23(24)35-22-8-6-7-21(16-22)19-10-12-20(13-11-19)25(32)31(4)5/h6-16H,1-5H3,(H2,29,30,33). The van der Waals surface area contributed by atoms with Gasteiger partial charge in [0.1, 0.15) is 16.4 Å². The molecule has 0 radical (unpaired) electrons. The molecule has 0 fully saturated rings. The first-order valence-electron chi connectivity index (χ1n) is 11.1. The summed E-state index contributed by atoms with van der Waals surface area (Å²) in [5.41, 5.74) is 2.10. The predicted octanol–water partition coefficient (Wildman–Crippen LogP) is 4.84. The fraction of sp³-hybridized carbons (Fsp3) is 0.222. The van der Waals surface area contributed by atoms with Crippen LogP contribution < -0.4 is 14.8 Å². The van der Waals surface area contributed by atoms with Crippen molar-refractivity contribution in [3.63, 3.8) is 0 Å². The topological polar surface area (TPSA) is 112 Å². The number of ether oxygens (including phenoxy) is 1. The summed E-state index contributed by atoms with van der Waals surface area (Å²) in [4.78, 5) is 26.1. The number of hydrogen-bond acceptors (Lipinski definition) is 5. The highest BCUT2D eigenvalue weighted by Crippen LogP contribution is 2.31. The Hall–Kier alpha value is -4.16. The van der Waals surface area contributed by atoms with Gasteiger partial charge >= 0.3 is 6.03 Å². The summed E-state index contributed by atoms with van der Waals surface area (Å²) in [7, 11) is 1.43. The van der Waals surface area contributed by atoms with Gasteiger partial charge in [-0.15, -0.1) is 0 Å². The van der Waals surface area contributed by atoms with Crippen molar-refractivity contribution in [2.75, 3.05) is 14.1 Å². The van der Waals surface area contributed by atoms with Crippen LogP contribution in [0.1, 0.15) is 36.7 Å². The minimum absolute atomic E-state index is 0.0789. The molecule has 0 spiro atoms. The SMILES string of the molecule is CN(C)C(=O)c1ccc(-c2cccc(Oc3ccc(C#N)cc3S(=O)NC(=O)NC(C)(C)C)c2)cc1. The van der Waals surface area contributed by atoms with E-state index < -0.39 is 22.6 Å². The van der Waals surface area contributed by atoms with E-state index in [1.807, 2.05) is 36.4 Å². The van der Waals surface area contributed by atoms with Gasteiger partial charge in [-0.05, 0) is 74.4 Å². The molecule has 0 aliphatic carbocycles. The Balaban J connectivity index is 1.86. The zero-order valence-corrected chi connectivity index (χ0v) is 21.6. The van der Waals surface area contributed by atoms with Gasteiger partial charge in [0.25, 0.3) is 5.91 Å².